The fourth-order valence-electron chi connectivity index (χ4n) is 5.04. The number of anilines is 3. The van der Waals surface area contributed by atoms with Crippen molar-refractivity contribution < 1.29 is 14.3 Å². The van der Waals surface area contributed by atoms with E-state index >= 15 is 0 Å². The molecule has 2 aliphatic rings. The molecule has 0 bridgehead atoms. The van der Waals surface area contributed by atoms with E-state index in [2.05, 4.69) is 36.2 Å². The number of para-hydroxylation sites is 1. The molecule has 2 aromatic rings. The lowest BCUT2D eigenvalue weighted by Gasteiger charge is -2.31. The van der Waals surface area contributed by atoms with Crippen LogP contribution in [-0.2, 0) is 27.2 Å². The van der Waals surface area contributed by atoms with Crippen molar-refractivity contribution in [3.8, 4) is 0 Å². The van der Waals surface area contributed by atoms with Crippen LogP contribution >= 0.6 is 12.4 Å². The molecule has 0 spiro atoms. The monoisotopic (exact) mass is 499 g/mol. The molecule has 2 aromatic carbocycles. The Bertz CT molecular complexity index is 1000. The first-order valence-electron chi connectivity index (χ1n) is 12.8. The Morgan fingerprint density at radius 1 is 0.943 bits per heavy atom. The third-order valence-corrected chi connectivity index (χ3v) is 6.85. The number of carbonyl (C=O) groups excluding carboxylic acids is 2. The normalized spacial score (nSPS) is 15.6. The summed E-state index contributed by atoms with van der Waals surface area (Å²) in [5.74, 6) is 0.147. The third kappa shape index (κ3) is 6.63. The van der Waals surface area contributed by atoms with E-state index in [-0.39, 0.29) is 30.1 Å². The molecule has 0 saturated carbocycles. The lowest BCUT2D eigenvalue weighted by Crippen LogP contribution is -2.43. The van der Waals surface area contributed by atoms with Crippen LogP contribution in [0.1, 0.15) is 50.7 Å². The van der Waals surface area contributed by atoms with Crippen LogP contribution in [0, 0.1) is 5.92 Å². The van der Waals surface area contributed by atoms with E-state index in [0.29, 0.717) is 19.8 Å². The second kappa shape index (κ2) is 13.1. The average Bonchev–Trinajstić information content (AvgIpc) is 3.01. The number of benzene rings is 2. The fraction of sp³-hybridized carbons (Fsp3) is 0.500. The zero-order valence-electron chi connectivity index (χ0n) is 20.9. The van der Waals surface area contributed by atoms with Crippen LogP contribution in [-0.4, -0.2) is 49.6 Å². The second-order valence-corrected chi connectivity index (χ2v) is 9.35. The molecule has 7 heteroatoms. The Morgan fingerprint density at radius 3 is 2.29 bits per heavy atom. The number of rotatable bonds is 8. The van der Waals surface area contributed by atoms with Gasteiger partial charge < -0.3 is 10.1 Å². The van der Waals surface area contributed by atoms with Gasteiger partial charge in [-0.2, -0.15) is 0 Å². The summed E-state index contributed by atoms with van der Waals surface area (Å²) in [4.78, 5) is 30.7. The van der Waals surface area contributed by atoms with Gasteiger partial charge in [0.15, 0.2) is 0 Å². The molecule has 2 amide bonds. The number of halogens is 1. The maximum Gasteiger partial charge on any atom is 0.245 e. The van der Waals surface area contributed by atoms with Crippen LogP contribution in [0.5, 0.6) is 0 Å². The Hall–Kier alpha value is -2.41. The van der Waals surface area contributed by atoms with Gasteiger partial charge in [-0.3, -0.25) is 19.4 Å². The van der Waals surface area contributed by atoms with Crippen molar-refractivity contribution in [2.45, 2.75) is 52.4 Å². The van der Waals surface area contributed by atoms with Gasteiger partial charge in [0.25, 0.3) is 0 Å². The van der Waals surface area contributed by atoms with E-state index in [1.54, 1.807) is 0 Å². The van der Waals surface area contributed by atoms with Crippen LogP contribution in [0.3, 0.4) is 0 Å². The SMILES string of the molecule is CCCC(CCC)C(=O)Nc1ccc2c(c1)N(C(=O)CN1CCOCC1)c1ccccc1CC2.Cl. The molecule has 1 saturated heterocycles. The molecule has 0 aliphatic carbocycles. The lowest BCUT2D eigenvalue weighted by molar-refractivity contribution is -0.120. The van der Waals surface area contributed by atoms with Gasteiger partial charge >= 0.3 is 0 Å². The van der Waals surface area contributed by atoms with Crippen LogP contribution in [0.4, 0.5) is 17.1 Å². The topological polar surface area (TPSA) is 61.9 Å². The van der Waals surface area contributed by atoms with Gasteiger partial charge in [0.2, 0.25) is 11.8 Å². The molecule has 0 radical (unpaired) electrons. The van der Waals surface area contributed by atoms with Crippen molar-refractivity contribution in [3.63, 3.8) is 0 Å². The number of nitrogens with zero attached hydrogens (tertiary/aromatic N) is 2. The number of ether oxygens (including phenoxy) is 1. The van der Waals surface area contributed by atoms with E-state index in [1.807, 2.05) is 35.2 Å². The molecule has 0 aromatic heterocycles. The maximum atomic E-state index is 13.7. The molecular weight excluding hydrogens is 462 g/mol. The van der Waals surface area contributed by atoms with Crippen molar-refractivity contribution >= 4 is 41.3 Å². The predicted molar refractivity (Wildman–Crippen MR) is 144 cm³/mol. The van der Waals surface area contributed by atoms with Crippen LogP contribution in [0.2, 0.25) is 0 Å². The summed E-state index contributed by atoms with van der Waals surface area (Å²) in [7, 11) is 0. The Labute approximate surface area is 215 Å². The van der Waals surface area contributed by atoms with E-state index in [9.17, 15) is 9.59 Å². The Morgan fingerprint density at radius 2 is 1.60 bits per heavy atom. The van der Waals surface area contributed by atoms with Gasteiger partial charge in [0, 0.05) is 24.7 Å². The number of morpholine rings is 1. The number of hydrogen-bond acceptors (Lipinski definition) is 4. The van der Waals surface area contributed by atoms with Gasteiger partial charge in [-0.1, -0.05) is 51.0 Å². The number of fused-ring (bicyclic) bond motifs is 2. The molecular formula is C28H38ClN3O3. The highest BCUT2D eigenvalue weighted by atomic mass is 35.5. The highest BCUT2D eigenvalue weighted by molar-refractivity contribution is 6.04. The van der Waals surface area contributed by atoms with E-state index in [0.717, 1.165) is 74.2 Å². The summed E-state index contributed by atoms with van der Waals surface area (Å²) in [6, 6.07) is 14.2. The summed E-state index contributed by atoms with van der Waals surface area (Å²) in [6.07, 6.45) is 5.50. The molecule has 1 fully saturated rings. The molecule has 6 nitrogen and oxygen atoms in total. The van der Waals surface area contributed by atoms with Gasteiger partial charge in [0.05, 0.1) is 31.1 Å². The minimum absolute atomic E-state index is 0. The quantitative estimate of drug-likeness (QED) is 0.531. The van der Waals surface area contributed by atoms with Crippen molar-refractivity contribution in [2.24, 2.45) is 5.92 Å². The first kappa shape index (κ1) is 27.2. The predicted octanol–water partition coefficient (Wildman–Crippen LogP) is 5.36. The van der Waals surface area contributed by atoms with Crippen molar-refractivity contribution in [2.75, 3.05) is 43.1 Å². The number of carbonyl (C=O) groups is 2. The molecule has 4 rings (SSSR count). The van der Waals surface area contributed by atoms with Gasteiger partial charge in [-0.15, -0.1) is 12.4 Å². The number of nitrogens with one attached hydrogen (secondary N) is 1. The van der Waals surface area contributed by atoms with Crippen LogP contribution in [0.15, 0.2) is 42.5 Å². The minimum Gasteiger partial charge on any atom is -0.379 e. The zero-order chi connectivity index (χ0) is 23.9. The molecule has 1 N–H and O–H groups in total. The van der Waals surface area contributed by atoms with Crippen molar-refractivity contribution in [1.29, 1.82) is 0 Å². The molecule has 2 aliphatic heterocycles. The van der Waals surface area contributed by atoms with Gasteiger partial charge in [-0.25, -0.2) is 0 Å². The first-order valence-corrected chi connectivity index (χ1v) is 12.8. The van der Waals surface area contributed by atoms with Gasteiger partial charge in [0.1, 0.15) is 0 Å². The fourth-order valence-corrected chi connectivity index (χ4v) is 5.04. The van der Waals surface area contributed by atoms with E-state index in [4.69, 9.17) is 4.74 Å². The van der Waals surface area contributed by atoms with Crippen LogP contribution in [0.25, 0.3) is 0 Å². The molecule has 0 atom stereocenters. The first-order chi connectivity index (χ1) is 16.6. The average molecular weight is 500 g/mol. The summed E-state index contributed by atoms with van der Waals surface area (Å²) in [5, 5.41) is 3.14. The molecule has 190 valence electrons. The summed E-state index contributed by atoms with van der Waals surface area (Å²) < 4.78 is 5.46. The van der Waals surface area contributed by atoms with Gasteiger partial charge in [-0.05, 0) is 55.0 Å². The number of hydrogen-bond donors (Lipinski definition) is 1. The Balaban J connectivity index is 0.00000342. The summed E-state index contributed by atoms with van der Waals surface area (Å²) in [5.41, 5.74) is 4.87. The second-order valence-electron chi connectivity index (χ2n) is 9.35. The number of aryl methyl sites for hydroxylation is 2. The summed E-state index contributed by atoms with van der Waals surface area (Å²) >= 11 is 0. The zero-order valence-corrected chi connectivity index (χ0v) is 21.7. The maximum absolute atomic E-state index is 13.7. The van der Waals surface area contributed by atoms with E-state index in [1.165, 1.54) is 5.56 Å². The minimum atomic E-state index is 0. The van der Waals surface area contributed by atoms with Crippen LogP contribution < -0.4 is 10.2 Å². The van der Waals surface area contributed by atoms with Crippen molar-refractivity contribution in [3.05, 3.63) is 53.6 Å². The third-order valence-electron chi connectivity index (χ3n) is 6.85. The molecule has 0 unspecified atom stereocenters. The lowest BCUT2D eigenvalue weighted by atomic mass is 9.97. The largest absolute Gasteiger partial charge is 0.379 e. The smallest absolute Gasteiger partial charge is 0.245 e. The highest BCUT2D eigenvalue weighted by Gasteiger charge is 2.28. The Kier molecular flexibility index (Phi) is 10.1. The summed E-state index contributed by atoms with van der Waals surface area (Å²) in [6.45, 7) is 7.44. The number of amides is 2. The standard InChI is InChI=1S/C28H37N3O3.ClH/c1-3-7-23(8-4-2)28(33)29-24-14-13-22-12-11-21-9-5-6-10-25(21)31(26(22)19-24)27(32)20-30-15-17-34-18-16-30;/h5-6,9-10,13-14,19,23H,3-4,7-8,11-12,15-18,20H2,1-2H3,(H,29,33);1H. The van der Waals surface area contributed by atoms with Crippen molar-refractivity contribution in [1.82, 2.24) is 4.90 Å². The molecule has 2 heterocycles. The van der Waals surface area contributed by atoms with E-state index < -0.39 is 0 Å². The molecule has 35 heavy (non-hydrogen) atoms. The highest BCUT2D eigenvalue weighted by Crippen LogP contribution is 2.38.